The van der Waals surface area contributed by atoms with Crippen molar-refractivity contribution >= 4 is 0 Å². The van der Waals surface area contributed by atoms with Crippen LogP contribution >= 0.6 is 0 Å². The molecule has 2 heterocycles. The third kappa shape index (κ3) is 2.97. The van der Waals surface area contributed by atoms with Crippen molar-refractivity contribution in [2.24, 2.45) is 0 Å². The lowest BCUT2D eigenvalue weighted by molar-refractivity contribution is 0.233. The maximum absolute atomic E-state index is 4.36. The lowest BCUT2D eigenvalue weighted by atomic mass is 10.1. The van der Waals surface area contributed by atoms with Gasteiger partial charge in [-0.05, 0) is 11.6 Å². The molecule has 0 saturated carbocycles. The second-order valence-electron chi connectivity index (χ2n) is 4.76. The molecule has 1 aromatic carbocycles. The van der Waals surface area contributed by atoms with Crippen LogP contribution in [0.25, 0.3) is 11.4 Å². The summed E-state index contributed by atoms with van der Waals surface area (Å²) in [4.78, 5) is 11.2. The molecule has 3 rings (SSSR count). The van der Waals surface area contributed by atoms with Crippen molar-refractivity contribution in [2.75, 3.05) is 26.2 Å². The predicted octanol–water partition coefficient (Wildman–Crippen LogP) is 1.55. The number of hydrogen-bond acceptors (Lipinski definition) is 4. The van der Waals surface area contributed by atoms with Crippen molar-refractivity contribution in [2.45, 2.75) is 6.54 Å². The molecule has 0 amide bonds. The number of nitrogens with one attached hydrogen (secondary N) is 1. The monoisotopic (exact) mass is 254 g/mol. The maximum Gasteiger partial charge on any atom is 0.159 e. The number of hydrogen-bond donors (Lipinski definition) is 1. The van der Waals surface area contributed by atoms with Gasteiger partial charge in [-0.25, -0.2) is 9.97 Å². The molecule has 1 aromatic heterocycles. The van der Waals surface area contributed by atoms with Gasteiger partial charge < -0.3 is 5.32 Å². The molecule has 4 nitrogen and oxygen atoms in total. The lowest BCUT2D eigenvalue weighted by Gasteiger charge is -2.27. The lowest BCUT2D eigenvalue weighted by Crippen LogP contribution is -2.42. The Labute approximate surface area is 113 Å². The molecule has 4 heteroatoms. The van der Waals surface area contributed by atoms with Gasteiger partial charge in [0, 0.05) is 50.7 Å². The number of piperazine rings is 1. The Bertz CT molecular complexity index is 521. The average Bonchev–Trinajstić information content (AvgIpc) is 2.50. The molecule has 0 unspecified atom stereocenters. The summed E-state index contributed by atoms with van der Waals surface area (Å²) >= 11 is 0. The fourth-order valence-electron chi connectivity index (χ4n) is 2.42. The summed E-state index contributed by atoms with van der Waals surface area (Å²) in [5, 5.41) is 3.38. The van der Waals surface area contributed by atoms with E-state index >= 15 is 0 Å². The van der Waals surface area contributed by atoms with E-state index in [1.807, 2.05) is 12.1 Å². The first-order chi connectivity index (χ1) is 9.43. The number of aromatic nitrogens is 2. The van der Waals surface area contributed by atoms with Crippen molar-refractivity contribution in [3.05, 3.63) is 48.3 Å². The van der Waals surface area contributed by atoms with Gasteiger partial charge in [0.05, 0.1) is 0 Å². The zero-order valence-electron chi connectivity index (χ0n) is 10.9. The minimum absolute atomic E-state index is 0.813. The van der Waals surface area contributed by atoms with Crippen molar-refractivity contribution in [3.8, 4) is 11.4 Å². The molecule has 0 aliphatic carbocycles. The Morgan fingerprint density at radius 2 is 1.74 bits per heavy atom. The van der Waals surface area contributed by atoms with Crippen LogP contribution in [-0.2, 0) is 6.54 Å². The van der Waals surface area contributed by atoms with E-state index in [2.05, 4.69) is 38.4 Å². The van der Waals surface area contributed by atoms with E-state index < -0.39 is 0 Å². The molecule has 0 atom stereocenters. The van der Waals surface area contributed by atoms with Gasteiger partial charge in [0.25, 0.3) is 0 Å². The number of rotatable bonds is 3. The van der Waals surface area contributed by atoms with Gasteiger partial charge in [-0.15, -0.1) is 0 Å². The minimum Gasteiger partial charge on any atom is -0.314 e. The minimum atomic E-state index is 0.813. The van der Waals surface area contributed by atoms with Crippen molar-refractivity contribution in [3.63, 3.8) is 0 Å². The zero-order chi connectivity index (χ0) is 12.9. The summed E-state index contributed by atoms with van der Waals surface area (Å²) in [5.41, 5.74) is 2.44. The molecule has 1 aliphatic rings. The molecule has 19 heavy (non-hydrogen) atoms. The standard InChI is InChI=1S/C15H18N4/c1-2-5-14(15-17-6-3-7-18-15)13(4-1)12-19-10-8-16-9-11-19/h1-7,16H,8-12H2. The Balaban J connectivity index is 1.85. The SMILES string of the molecule is c1cnc(-c2ccccc2CN2CCNCC2)nc1. The fourth-order valence-corrected chi connectivity index (χ4v) is 2.42. The second kappa shape index (κ2) is 5.91. The Hall–Kier alpha value is -1.78. The molecule has 0 radical (unpaired) electrons. The van der Waals surface area contributed by atoms with Gasteiger partial charge in [-0.2, -0.15) is 0 Å². The third-order valence-corrected chi connectivity index (χ3v) is 3.43. The van der Waals surface area contributed by atoms with Gasteiger partial charge in [0.2, 0.25) is 0 Å². The van der Waals surface area contributed by atoms with Crippen LogP contribution in [-0.4, -0.2) is 41.0 Å². The van der Waals surface area contributed by atoms with Crippen LogP contribution in [0.2, 0.25) is 0 Å². The second-order valence-corrected chi connectivity index (χ2v) is 4.76. The third-order valence-electron chi connectivity index (χ3n) is 3.43. The molecule has 98 valence electrons. The van der Waals surface area contributed by atoms with Gasteiger partial charge in [-0.3, -0.25) is 4.90 Å². The van der Waals surface area contributed by atoms with E-state index in [4.69, 9.17) is 0 Å². The molecule has 0 bridgehead atoms. The highest BCUT2D eigenvalue weighted by molar-refractivity contribution is 5.59. The quantitative estimate of drug-likeness (QED) is 0.902. The van der Waals surface area contributed by atoms with Crippen LogP contribution in [0.5, 0.6) is 0 Å². The van der Waals surface area contributed by atoms with E-state index in [1.54, 1.807) is 12.4 Å². The molecule has 1 saturated heterocycles. The van der Waals surface area contributed by atoms with Crippen LogP contribution in [0.1, 0.15) is 5.56 Å². The summed E-state index contributed by atoms with van der Waals surface area (Å²) in [6, 6.07) is 10.3. The summed E-state index contributed by atoms with van der Waals surface area (Å²) in [5.74, 6) is 0.813. The molecule has 0 spiro atoms. The van der Waals surface area contributed by atoms with Gasteiger partial charge >= 0.3 is 0 Å². The molecule has 2 aromatic rings. The summed E-state index contributed by atoms with van der Waals surface area (Å²) in [6.07, 6.45) is 3.59. The van der Waals surface area contributed by atoms with Gasteiger partial charge in [0.1, 0.15) is 0 Å². The first-order valence-electron chi connectivity index (χ1n) is 6.72. The fraction of sp³-hybridized carbons (Fsp3) is 0.333. The highest BCUT2D eigenvalue weighted by atomic mass is 15.2. The van der Waals surface area contributed by atoms with E-state index in [9.17, 15) is 0 Å². The van der Waals surface area contributed by atoms with Crippen LogP contribution in [0, 0.1) is 0 Å². The van der Waals surface area contributed by atoms with Crippen LogP contribution < -0.4 is 5.32 Å². The number of benzene rings is 1. The molecular formula is C15H18N4. The van der Waals surface area contributed by atoms with Crippen molar-refractivity contribution in [1.29, 1.82) is 0 Å². The van der Waals surface area contributed by atoms with Crippen molar-refractivity contribution in [1.82, 2.24) is 20.2 Å². The topological polar surface area (TPSA) is 41.1 Å². The van der Waals surface area contributed by atoms with Gasteiger partial charge in [0.15, 0.2) is 5.82 Å². The maximum atomic E-state index is 4.36. The predicted molar refractivity (Wildman–Crippen MR) is 75.6 cm³/mol. The first-order valence-corrected chi connectivity index (χ1v) is 6.72. The summed E-state index contributed by atoms with van der Waals surface area (Å²) in [7, 11) is 0. The molecular weight excluding hydrogens is 236 g/mol. The highest BCUT2D eigenvalue weighted by Gasteiger charge is 2.13. The summed E-state index contributed by atoms with van der Waals surface area (Å²) < 4.78 is 0. The average molecular weight is 254 g/mol. The van der Waals surface area contributed by atoms with E-state index in [1.165, 1.54) is 5.56 Å². The Morgan fingerprint density at radius 3 is 2.53 bits per heavy atom. The normalized spacial score (nSPS) is 16.4. The van der Waals surface area contributed by atoms with E-state index in [0.717, 1.165) is 44.1 Å². The highest BCUT2D eigenvalue weighted by Crippen LogP contribution is 2.21. The Kier molecular flexibility index (Phi) is 3.81. The molecule has 1 N–H and O–H groups in total. The number of nitrogens with zero attached hydrogens (tertiary/aromatic N) is 3. The van der Waals surface area contributed by atoms with Crippen LogP contribution in [0.15, 0.2) is 42.7 Å². The zero-order valence-corrected chi connectivity index (χ0v) is 10.9. The van der Waals surface area contributed by atoms with Crippen LogP contribution in [0.3, 0.4) is 0 Å². The van der Waals surface area contributed by atoms with E-state index in [-0.39, 0.29) is 0 Å². The Morgan fingerprint density at radius 1 is 1.00 bits per heavy atom. The smallest absolute Gasteiger partial charge is 0.159 e. The molecule has 1 fully saturated rings. The summed E-state index contributed by atoms with van der Waals surface area (Å²) in [6.45, 7) is 5.32. The first kappa shape index (κ1) is 12.3. The largest absolute Gasteiger partial charge is 0.314 e. The molecule has 1 aliphatic heterocycles. The van der Waals surface area contributed by atoms with Crippen LogP contribution in [0.4, 0.5) is 0 Å². The van der Waals surface area contributed by atoms with Crippen molar-refractivity contribution < 1.29 is 0 Å². The van der Waals surface area contributed by atoms with E-state index in [0.29, 0.717) is 0 Å². The van der Waals surface area contributed by atoms with Gasteiger partial charge in [-0.1, -0.05) is 24.3 Å².